The second-order valence-corrected chi connectivity index (χ2v) is 4.07. The molecule has 0 atom stereocenters. The van der Waals surface area contributed by atoms with E-state index in [0.717, 1.165) is 11.4 Å². The van der Waals surface area contributed by atoms with Gasteiger partial charge in [-0.2, -0.15) is 0 Å². The molecule has 0 aliphatic carbocycles. The fourth-order valence-electron chi connectivity index (χ4n) is 1.64. The number of hydrogen-bond acceptors (Lipinski definition) is 1. The molecule has 1 aromatic heterocycles. The Balaban J connectivity index is 2.44. The molecule has 0 radical (unpaired) electrons. The molecule has 2 rings (SSSR count). The number of rotatable bonds is 3. The van der Waals surface area contributed by atoms with Crippen LogP contribution in [0.3, 0.4) is 0 Å². The van der Waals surface area contributed by atoms with Gasteiger partial charge in [-0.25, -0.2) is 4.99 Å². The van der Waals surface area contributed by atoms with E-state index in [1.165, 1.54) is 5.56 Å². The zero-order valence-corrected chi connectivity index (χ0v) is 10.4. The van der Waals surface area contributed by atoms with Crippen molar-refractivity contribution in [3.05, 3.63) is 48.3 Å². The summed E-state index contributed by atoms with van der Waals surface area (Å²) in [6.07, 6.45) is 4.00. The molecule has 88 valence electrons. The standard InChI is InChI=1S/C13H14ClN3/c1-10-4-5-11(16-13(15)9-14)8-12(10)17-6-2-3-7-17/h2-8H,9H2,1H3,(H2,15,16). The van der Waals surface area contributed by atoms with Crippen LogP contribution < -0.4 is 5.73 Å². The van der Waals surface area contributed by atoms with Crippen molar-refractivity contribution in [3.8, 4) is 5.69 Å². The van der Waals surface area contributed by atoms with Crippen LogP contribution in [0.2, 0.25) is 0 Å². The van der Waals surface area contributed by atoms with Crippen molar-refractivity contribution in [2.24, 2.45) is 10.7 Å². The summed E-state index contributed by atoms with van der Waals surface area (Å²) in [5.41, 5.74) is 8.72. The molecule has 1 aromatic carbocycles. The van der Waals surface area contributed by atoms with E-state index in [0.29, 0.717) is 5.84 Å². The van der Waals surface area contributed by atoms with E-state index < -0.39 is 0 Å². The maximum absolute atomic E-state index is 5.62. The van der Waals surface area contributed by atoms with Crippen molar-refractivity contribution in [1.29, 1.82) is 0 Å². The quantitative estimate of drug-likeness (QED) is 0.506. The maximum Gasteiger partial charge on any atom is 0.115 e. The first-order chi connectivity index (χ1) is 8.20. The molecule has 0 fully saturated rings. The number of nitrogens with zero attached hydrogens (tertiary/aromatic N) is 2. The van der Waals surface area contributed by atoms with Crippen LogP contribution in [0.1, 0.15) is 5.56 Å². The lowest BCUT2D eigenvalue weighted by molar-refractivity contribution is 1.06. The lowest BCUT2D eigenvalue weighted by Gasteiger charge is -2.08. The second-order valence-electron chi connectivity index (χ2n) is 3.80. The molecule has 3 nitrogen and oxygen atoms in total. The van der Waals surface area contributed by atoms with E-state index >= 15 is 0 Å². The van der Waals surface area contributed by atoms with Crippen LogP contribution in [0, 0.1) is 6.92 Å². The Kier molecular flexibility index (Phi) is 3.49. The second kappa shape index (κ2) is 5.06. The summed E-state index contributed by atoms with van der Waals surface area (Å²) in [6.45, 7) is 2.06. The Hall–Kier alpha value is -1.74. The van der Waals surface area contributed by atoms with Crippen molar-refractivity contribution in [1.82, 2.24) is 4.57 Å². The molecule has 0 unspecified atom stereocenters. The van der Waals surface area contributed by atoms with Gasteiger partial charge in [-0.1, -0.05) is 6.07 Å². The minimum atomic E-state index is 0.243. The normalized spacial score (nSPS) is 11.8. The third kappa shape index (κ3) is 2.68. The summed E-state index contributed by atoms with van der Waals surface area (Å²) < 4.78 is 2.05. The molecular weight excluding hydrogens is 234 g/mol. The molecule has 0 bridgehead atoms. The Morgan fingerprint density at radius 2 is 2.06 bits per heavy atom. The summed E-state index contributed by atoms with van der Waals surface area (Å²) in [7, 11) is 0. The molecule has 17 heavy (non-hydrogen) atoms. The van der Waals surface area contributed by atoms with Crippen molar-refractivity contribution >= 4 is 23.1 Å². The molecule has 0 spiro atoms. The van der Waals surface area contributed by atoms with Crippen molar-refractivity contribution < 1.29 is 0 Å². The van der Waals surface area contributed by atoms with Gasteiger partial charge in [-0.3, -0.25) is 0 Å². The number of benzene rings is 1. The smallest absolute Gasteiger partial charge is 0.115 e. The van der Waals surface area contributed by atoms with E-state index in [1.807, 2.05) is 47.3 Å². The first-order valence-electron chi connectivity index (χ1n) is 5.33. The highest BCUT2D eigenvalue weighted by Crippen LogP contribution is 2.21. The highest BCUT2D eigenvalue weighted by molar-refractivity contribution is 6.28. The van der Waals surface area contributed by atoms with E-state index in [1.54, 1.807) is 0 Å². The number of aromatic nitrogens is 1. The molecule has 1 heterocycles. The fraction of sp³-hybridized carbons (Fsp3) is 0.154. The predicted octanol–water partition coefficient (Wildman–Crippen LogP) is 3.01. The molecule has 0 amide bonds. The predicted molar refractivity (Wildman–Crippen MR) is 72.5 cm³/mol. The third-order valence-electron chi connectivity index (χ3n) is 2.48. The number of nitrogens with two attached hydrogens (primary N) is 1. The first kappa shape index (κ1) is 11.7. The molecule has 4 heteroatoms. The van der Waals surface area contributed by atoms with E-state index in [9.17, 15) is 0 Å². The largest absolute Gasteiger partial charge is 0.386 e. The Labute approximate surface area is 106 Å². The van der Waals surface area contributed by atoms with Crippen LogP contribution in [0.5, 0.6) is 0 Å². The first-order valence-corrected chi connectivity index (χ1v) is 5.87. The molecule has 0 aliphatic rings. The summed E-state index contributed by atoms with van der Waals surface area (Å²) in [6, 6.07) is 9.93. The molecule has 2 N–H and O–H groups in total. The SMILES string of the molecule is Cc1ccc(N=C(N)CCl)cc1-n1cccc1. The minimum absolute atomic E-state index is 0.243. The number of amidine groups is 1. The van der Waals surface area contributed by atoms with Crippen molar-refractivity contribution in [2.45, 2.75) is 6.92 Å². The van der Waals surface area contributed by atoms with Gasteiger partial charge in [0.25, 0.3) is 0 Å². The average molecular weight is 248 g/mol. The summed E-state index contributed by atoms with van der Waals surface area (Å²) in [4.78, 5) is 4.24. The number of aryl methyl sites for hydroxylation is 1. The molecule has 0 saturated heterocycles. The van der Waals surface area contributed by atoms with Crippen LogP contribution in [-0.2, 0) is 0 Å². The van der Waals surface area contributed by atoms with E-state index in [2.05, 4.69) is 11.9 Å². The third-order valence-corrected chi connectivity index (χ3v) is 2.76. The van der Waals surface area contributed by atoms with E-state index in [-0.39, 0.29) is 5.88 Å². The van der Waals surface area contributed by atoms with Gasteiger partial charge in [0, 0.05) is 18.1 Å². The highest BCUT2D eigenvalue weighted by atomic mass is 35.5. The van der Waals surface area contributed by atoms with E-state index in [4.69, 9.17) is 17.3 Å². The minimum Gasteiger partial charge on any atom is -0.386 e. The van der Waals surface area contributed by atoms with Gasteiger partial charge in [0.1, 0.15) is 5.84 Å². The monoisotopic (exact) mass is 247 g/mol. The topological polar surface area (TPSA) is 43.3 Å². The molecular formula is C13H14ClN3. The van der Waals surface area contributed by atoms with Gasteiger partial charge in [-0.05, 0) is 36.8 Å². The van der Waals surface area contributed by atoms with Crippen LogP contribution in [0.15, 0.2) is 47.7 Å². The van der Waals surface area contributed by atoms with Gasteiger partial charge in [0.05, 0.1) is 11.6 Å². The Morgan fingerprint density at radius 3 is 2.71 bits per heavy atom. The van der Waals surface area contributed by atoms with Gasteiger partial charge < -0.3 is 10.3 Å². The number of alkyl halides is 1. The van der Waals surface area contributed by atoms with Crippen LogP contribution >= 0.6 is 11.6 Å². The van der Waals surface area contributed by atoms with Crippen LogP contribution in [0.25, 0.3) is 5.69 Å². The van der Waals surface area contributed by atoms with Gasteiger partial charge in [-0.15, -0.1) is 11.6 Å². The van der Waals surface area contributed by atoms with Gasteiger partial charge >= 0.3 is 0 Å². The van der Waals surface area contributed by atoms with Crippen molar-refractivity contribution in [3.63, 3.8) is 0 Å². The number of halogens is 1. The van der Waals surface area contributed by atoms with Crippen molar-refractivity contribution in [2.75, 3.05) is 5.88 Å². The number of hydrogen-bond donors (Lipinski definition) is 1. The molecule has 2 aromatic rings. The summed E-state index contributed by atoms with van der Waals surface area (Å²) in [5.74, 6) is 0.668. The lowest BCUT2D eigenvalue weighted by Crippen LogP contribution is -2.12. The zero-order valence-electron chi connectivity index (χ0n) is 9.60. The number of aliphatic imine (C=N–C) groups is 1. The Bertz CT molecular complexity index is 530. The van der Waals surface area contributed by atoms with Gasteiger partial charge in [0.2, 0.25) is 0 Å². The lowest BCUT2D eigenvalue weighted by atomic mass is 10.2. The Morgan fingerprint density at radius 1 is 1.35 bits per heavy atom. The fourth-order valence-corrected chi connectivity index (χ4v) is 1.70. The van der Waals surface area contributed by atoms with Crippen LogP contribution in [-0.4, -0.2) is 16.3 Å². The average Bonchev–Trinajstić information content (AvgIpc) is 2.85. The molecule has 0 saturated carbocycles. The van der Waals surface area contributed by atoms with Crippen LogP contribution in [0.4, 0.5) is 5.69 Å². The zero-order chi connectivity index (χ0) is 12.3. The summed E-state index contributed by atoms with van der Waals surface area (Å²) in [5, 5.41) is 0. The van der Waals surface area contributed by atoms with Gasteiger partial charge in [0.15, 0.2) is 0 Å². The summed E-state index contributed by atoms with van der Waals surface area (Å²) >= 11 is 5.61. The highest BCUT2D eigenvalue weighted by Gasteiger charge is 2.01. The molecule has 0 aliphatic heterocycles. The maximum atomic E-state index is 5.62.